The Kier molecular flexibility index (Phi) is 5.56. The van der Waals surface area contributed by atoms with Crippen LogP contribution in [0.4, 0.5) is 0 Å². The van der Waals surface area contributed by atoms with E-state index in [0.29, 0.717) is 36.7 Å². The van der Waals surface area contributed by atoms with Crippen LogP contribution < -0.4 is 0 Å². The lowest BCUT2D eigenvalue weighted by Crippen LogP contribution is -2.43. The molecule has 2 heterocycles. The zero-order valence-electron chi connectivity index (χ0n) is 14.2. The predicted octanol–water partition coefficient (Wildman–Crippen LogP) is 2.81. The van der Waals surface area contributed by atoms with E-state index in [1.807, 2.05) is 37.4 Å². The minimum Gasteiger partial charge on any atom is -0.341 e. The maximum Gasteiger partial charge on any atom is 0.252 e. The Labute approximate surface area is 152 Å². The van der Waals surface area contributed by atoms with Crippen molar-refractivity contribution in [3.05, 3.63) is 53.4 Å². The quantitative estimate of drug-likeness (QED) is 0.804. The van der Waals surface area contributed by atoms with Crippen molar-refractivity contribution in [1.29, 1.82) is 0 Å². The van der Waals surface area contributed by atoms with Gasteiger partial charge >= 0.3 is 0 Å². The molecule has 1 saturated heterocycles. The number of hydrogen-bond donors (Lipinski definition) is 0. The second-order valence-electron chi connectivity index (χ2n) is 6.29. The molecule has 1 fully saturated rings. The van der Waals surface area contributed by atoms with Crippen LogP contribution in [0.15, 0.2) is 52.1 Å². The Balaban J connectivity index is 1.57. The molecular formula is C18H22N2O3S2. The van der Waals surface area contributed by atoms with Gasteiger partial charge in [0.1, 0.15) is 4.21 Å². The summed E-state index contributed by atoms with van der Waals surface area (Å²) in [6.45, 7) is 1.37. The molecule has 1 aliphatic heterocycles. The van der Waals surface area contributed by atoms with Gasteiger partial charge in [0.25, 0.3) is 10.0 Å². The third-order valence-electron chi connectivity index (χ3n) is 4.53. The first-order chi connectivity index (χ1) is 12.0. The van der Waals surface area contributed by atoms with Crippen LogP contribution in [0.25, 0.3) is 0 Å². The molecule has 134 valence electrons. The van der Waals surface area contributed by atoms with Gasteiger partial charge in [0.15, 0.2) is 0 Å². The highest BCUT2D eigenvalue weighted by Crippen LogP contribution is 2.27. The lowest BCUT2D eigenvalue weighted by molar-refractivity contribution is -0.135. The number of amides is 1. The number of carbonyl (C=O) groups excluding carboxylic acids is 1. The van der Waals surface area contributed by atoms with Gasteiger partial charge in [-0.1, -0.05) is 36.4 Å². The third-order valence-corrected chi connectivity index (χ3v) is 7.80. The lowest BCUT2D eigenvalue weighted by Gasteiger charge is -2.32. The predicted molar refractivity (Wildman–Crippen MR) is 98.7 cm³/mol. The number of sulfonamides is 1. The molecule has 7 heteroatoms. The van der Waals surface area contributed by atoms with Crippen molar-refractivity contribution in [2.45, 2.75) is 23.6 Å². The van der Waals surface area contributed by atoms with Crippen LogP contribution in [0.1, 0.15) is 18.4 Å². The van der Waals surface area contributed by atoms with E-state index in [-0.39, 0.29) is 11.8 Å². The summed E-state index contributed by atoms with van der Waals surface area (Å²) in [6, 6.07) is 13.2. The molecule has 0 bridgehead atoms. The van der Waals surface area contributed by atoms with Crippen LogP contribution >= 0.6 is 11.3 Å². The Bertz CT molecular complexity index is 796. The number of piperidine rings is 1. The van der Waals surface area contributed by atoms with Crippen molar-refractivity contribution >= 4 is 27.3 Å². The lowest BCUT2D eigenvalue weighted by atomic mass is 9.96. The molecule has 5 nitrogen and oxygen atoms in total. The molecular weight excluding hydrogens is 356 g/mol. The molecule has 25 heavy (non-hydrogen) atoms. The molecule has 2 aromatic rings. The van der Waals surface area contributed by atoms with Crippen LogP contribution in [0.3, 0.4) is 0 Å². The van der Waals surface area contributed by atoms with Crippen LogP contribution in [-0.2, 0) is 21.4 Å². The maximum atomic E-state index is 12.6. The van der Waals surface area contributed by atoms with Crippen LogP contribution in [0.5, 0.6) is 0 Å². The second-order valence-corrected chi connectivity index (χ2v) is 9.40. The van der Waals surface area contributed by atoms with E-state index in [0.717, 1.165) is 5.56 Å². The average Bonchev–Trinajstić information content (AvgIpc) is 3.17. The SMILES string of the molecule is CN(Cc1ccccc1)C(=O)C1CCN(S(=O)(=O)c2cccs2)CC1. The first kappa shape index (κ1) is 18.1. The summed E-state index contributed by atoms with van der Waals surface area (Å²) < 4.78 is 27.0. The zero-order chi connectivity index (χ0) is 17.9. The van der Waals surface area contributed by atoms with Gasteiger partial charge in [0.2, 0.25) is 5.91 Å². The molecule has 0 spiro atoms. The normalized spacial score (nSPS) is 16.7. The third kappa shape index (κ3) is 4.11. The molecule has 0 N–H and O–H groups in total. The first-order valence-electron chi connectivity index (χ1n) is 8.31. The van der Waals surface area contributed by atoms with Gasteiger partial charge in [-0.05, 0) is 29.9 Å². The molecule has 0 radical (unpaired) electrons. The van der Waals surface area contributed by atoms with Gasteiger partial charge in [0.05, 0.1) is 0 Å². The summed E-state index contributed by atoms with van der Waals surface area (Å²) >= 11 is 1.23. The largest absolute Gasteiger partial charge is 0.341 e. The molecule has 0 saturated carbocycles. The van der Waals surface area contributed by atoms with E-state index >= 15 is 0 Å². The Morgan fingerprint density at radius 1 is 1.16 bits per heavy atom. The number of benzene rings is 1. The van der Waals surface area contributed by atoms with Crippen molar-refractivity contribution in [3.8, 4) is 0 Å². The number of thiophene rings is 1. The molecule has 1 amide bonds. The smallest absolute Gasteiger partial charge is 0.252 e. The summed E-state index contributed by atoms with van der Waals surface area (Å²) in [5.41, 5.74) is 1.09. The second kappa shape index (κ2) is 7.68. The highest BCUT2D eigenvalue weighted by atomic mass is 32.2. The summed E-state index contributed by atoms with van der Waals surface area (Å²) in [6.07, 6.45) is 1.14. The first-order valence-corrected chi connectivity index (χ1v) is 10.6. The minimum absolute atomic E-state index is 0.0945. The molecule has 0 unspecified atom stereocenters. The summed E-state index contributed by atoms with van der Waals surface area (Å²) in [4.78, 5) is 14.4. The number of nitrogens with zero attached hydrogens (tertiary/aromatic N) is 2. The van der Waals surface area contributed by atoms with Crippen LogP contribution in [0, 0.1) is 5.92 Å². The Morgan fingerprint density at radius 3 is 2.44 bits per heavy atom. The van der Waals surface area contributed by atoms with E-state index in [2.05, 4.69) is 0 Å². The van der Waals surface area contributed by atoms with Gasteiger partial charge in [-0.2, -0.15) is 4.31 Å². The van der Waals surface area contributed by atoms with Gasteiger partial charge in [0, 0.05) is 32.6 Å². The van der Waals surface area contributed by atoms with Crippen LogP contribution in [-0.4, -0.2) is 43.7 Å². The van der Waals surface area contributed by atoms with Gasteiger partial charge < -0.3 is 4.90 Å². The highest BCUT2D eigenvalue weighted by Gasteiger charge is 2.33. The Morgan fingerprint density at radius 2 is 1.84 bits per heavy atom. The van der Waals surface area contributed by atoms with Gasteiger partial charge in [-0.15, -0.1) is 11.3 Å². The highest BCUT2D eigenvalue weighted by molar-refractivity contribution is 7.91. The molecule has 1 aromatic heterocycles. The summed E-state index contributed by atoms with van der Waals surface area (Å²) in [5, 5.41) is 1.77. The zero-order valence-corrected chi connectivity index (χ0v) is 15.8. The molecule has 0 aliphatic carbocycles. The topological polar surface area (TPSA) is 57.7 Å². The molecule has 1 aliphatic rings. The van der Waals surface area contributed by atoms with E-state index in [9.17, 15) is 13.2 Å². The van der Waals surface area contributed by atoms with Crippen molar-refractivity contribution in [2.24, 2.45) is 5.92 Å². The van der Waals surface area contributed by atoms with Crippen molar-refractivity contribution in [1.82, 2.24) is 9.21 Å². The minimum atomic E-state index is -3.41. The molecule has 3 rings (SSSR count). The fraction of sp³-hybridized carbons (Fsp3) is 0.389. The van der Waals surface area contributed by atoms with Crippen LogP contribution in [0.2, 0.25) is 0 Å². The monoisotopic (exact) mass is 378 g/mol. The number of rotatable bonds is 5. The summed E-state index contributed by atoms with van der Waals surface area (Å²) in [7, 11) is -1.60. The summed E-state index contributed by atoms with van der Waals surface area (Å²) in [5.74, 6) is -0.0134. The van der Waals surface area contributed by atoms with E-state index < -0.39 is 10.0 Å². The van der Waals surface area contributed by atoms with Crippen molar-refractivity contribution in [3.63, 3.8) is 0 Å². The molecule has 1 aromatic carbocycles. The van der Waals surface area contributed by atoms with E-state index in [1.165, 1.54) is 15.6 Å². The van der Waals surface area contributed by atoms with E-state index in [1.54, 1.807) is 22.4 Å². The standard InChI is InChI=1S/C18H22N2O3S2/c1-19(14-15-6-3-2-4-7-15)18(21)16-9-11-20(12-10-16)25(22,23)17-8-5-13-24-17/h2-8,13,16H,9-12,14H2,1H3. The number of hydrogen-bond acceptors (Lipinski definition) is 4. The number of carbonyl (C=O) groups is 1. The maximum absolute atomic E-state index is 12.6. The van der Waals surface area contributed by atoms with Crippen molar-refractivity contribution in [2.75, 3.05) is 20.1 Å². The average molecular weight is 379 g/mol. The van der Waals surface area contributed by atoms with Gasteiger partial charge in [-0.3, -0.25) is 4.79 Å². The van der Waals surface area contributed by atoms with Gasteiger partial charge in [-0.25, -0.2) is 8.42 Å². The fourth-order valence-corrected chi connectivity index (χ4v) is 5.74. The Hall–Kier alpha value is -1.70. The fourth-order valence-electron chi connectivity index (χ4n) is 3.13. The molecule has 0 atom stereocenters. The van der Waals surface area contributed by atoms with Crippen molar-refractivity contribution < 1.29 is 13.2 Å². The van der Waals surface area contributed by atoms with E-state index in [4.69, 9.17) is 0 Å².